The number of anilines is 1. The molecule has 0 spiro atoms. The maximum Gasteiger partial charge on any atom is 0.128 e. The van der Waals surface area contributed by atoms with E-state index in [1.54, 1.807) is 7.11 Å². The van der Waals surface area contributed by atoms with E-state index in [1.807, 2.05) is 18.3 Å². The second-order valence-corrected chi connectivity index (χ2v) is 5.67. The van der Waals surface area contributed by atoms with Crippen LogP contribution in [0, 0.1) is 5.92 Å². The van der Waals surface area contributed by atoms with Gasteiger partial charge in [0, 0.05) is 19.3 Å². The van der Waals surface area contributed by atoms with Gasteiger partial charge in [-0.15, -0.1) is 0 Å². The lowest BCUT2D eigenvalue weighted by molar-refractivity contribution is 0.398. The number of ether oxygens (including phenoxy) is 1. The minimum Gasteiger partial charge on any atom is -0.497 e. The Morgan fingerprint density at radius 2 is 2.00 bits per heavy atom. The molecule has 2 heterocycles. The maximum atomic E-state index is 5.30. The first kappa shape index (κ1) is 13.9. The predicted octanol–water partition coefficient (Wildman–Crippen LogP) is 3.55. The molecule has 1 fully saturated rings. The van der Waals surface area contributed by atoms with Crippen LogP contribution in [0.5, 0.6) is 5.75 Å². The highest BCUT2D eigenvalue weighted by molar-refractivity contribution is 5.38. The lowest BCUT2D eigenvalue weighted by Gasteiger charge is -2.32. The highest BCUT2D eigenvalue weighted by atomic mass is 16.5. The highest BCUT2D eigenvalue weighted by Gasteiger charge is 2.20. The first-order valence-corrected chi connectivity index (χ1v) is 7.64. The smallest absolute Gasteiger partial charge is 0.128 e. The summed E-state index contributed by atoms with van der Waals surface area (Å²) >= 11 is 0. The highest BCUT2D eigenvalue weighted by Crippen LogP contribution is 2.25. The van der Waals surface area contributed by atoms with Gasteiger partial charge in [0.05, 0.1) is 7.11 Å². The van der Waals surface area contributed by atoms with Crippen molar-refractivity contribution in [1.82, 2.24) is 4.98 Å². The van der Waals surface area contributed by atoms with Crippen LogP contribution in [0.3, 0.4) is 0 Å². The third kappa shape index (κ3) is 3.54. The van der Waals surface area contributed by atoms with Gasteiger partial charge in [0.25, 0.3) is 0 Å². The van der Waals surface area contributed by atoms with Gasteiger partial charge < -0.3 is 9.64 Å². The Labute approximate surface area is 126 Å². The summed E-state index contributed by atoms with van der Waals surface area (Å²) in [5, 5.41) is 0. The lowest BCUT2D eigenvalue weighted by Crippen LogP contribution is -2.34. The van der Waals surface area contributed by atoms with Gasteiger partial charge in [-0.2, -0.15) is 0 Å². The van der Waals surface area contributed by atoms with Crippen molar-refractivity contribution < 1.29 is 4.74 Å². The summed E-state index contributed by atoms with van der Waals surface area (Å²) in [6, 6.07) is 14.6. The van der Waals surface area contributed by atoms with Crippen molar-refractivity contribution >= 4 is 5.82 Å². The molecule has 2 aromatic rings. The quantitative estimate of drug-likeness (QED) is 0.857. The largest absolute Gasteiger partial charge is 0.497 e. The third-order valence-corrected chi connectivity index (χ3v) is 4.25. The first-order valence-electron chi connectivity index (χ1n) is 7.64. The summed E-state index contributed by atoms with van der Waals surface area (Å²) in [5.74, 6) is 2.83. The summed E-state index contributed by atoms with van der Waals surface area (Å²) in [7, 11) is 1.73. The van der Waals surface area contributed by atoms with Gasteiger partial charge in [0.1, 0.15) is 11.6 Å². The Morgan fingerprint density at radius 3 is 2.71 bits per heavy atom. The number of aromatic nitrogens is 1. The monoisotopic (exact) mass is 282 g/mol. The van der Waals surface area contributed by atoms with Crippen molar-refractivity contribution in [2.75, 3.05) is 25.1 Å². The van der Waals surface area contributed by atoms with E-state index in [0.717, 1.165) is 37.0 Å². The van der Waals surface area contributed by atoms with Crippen LogP contribution >= 0.6 is 0 Å². The Kier molecular flexibility index (Phi) is 4.39. The van der Waals surface area contributed by atoms with E-state index in [2.05, 4.69) is 40.2 Å². The third-order valence-electron chi connectivity index (χ3n) is 4.25. The minimum absolute atomic E-state index is 0.761. The van der Waals surface area contributed by atoms with Gasteiger partial charge in [-0.1, -0.05) is 18.2 Å². The molecule has 3 heteroatoms. The molecule has 0 aliphatic carbocycles. The van der Waals surface area contributed by atoms with Gasteiger partial charge >= 0.3 is 0 Å². The molecule has 110 valence electrons. The number of pyridine rings is 1. The van der Waals surface area contributed by atoms with Crippen LogP contribution in [-0.2, 0) is 6.42 Å². The summed E-state index contributed by atoms with van der Waals surface area (Å²) in [6.45, 7) is 2.21. The predicted molar refractivity (Wildman–Crippen MR) is 85.9 cm³/mol. The number of benzene rings is 1. The molecule has 1 aliphatic heterocycles. The molecule has 0 amide bonds. The van der Waals surface area contributed by atoms with E-state index in [-0.39, 0.29) is 0 Å². The number of hydrogen-bond donors (Lipinski definition) is 0. The second kappa shape index (κ2) is 6.61. The van der Waals surface area contributed by atoms with Gasteiger partial charge in [0.2, 0.25) is 0 Å². The van der Waals surface area contributed by atoms with E-state index in [1.165, 1.54) is 18.4 Å². The van der Waals surface area contributed by atoms with Crippen LogP contribution in [0.4, 0.5) is 5.82 Å². The van der Waals surface area contributed by atoms with Gasteiger partial charge in [0.15, 0.2) is 0 Å². The van der Waals surface area contributed by atoms with Crippen molar-refractivity contribution in [2.45, 2.75) is 19.3 Å². The molecular weight excluding hydrogens is 260 g/mol. The SMILES string of the molecule is COc1cccc(CC2CCN(c3ccccn3)CC2)c1. The van der Waals surface area contributed by atoms with E-state index < -0.39 is 0 Å². The summed E-state index contributed by atoms with van der Waals surface area (Å²) in [5.41, 5.74) is 1.38. The molecule has 0 atom stereocenters. The Bertz CT molecular complexity index is 562. The van der Waals surface area contributed by atoms with Crippen LogP contribution in [-0.4, -0.2) is 25.2 Å². The number of rotatable bonds is 4. The standard InChI is InChI=1S/C18H22N2O/c1-21-17-6-4-5-16(14-17)13-15-8-11-20(12-9-15)18-7-2-3-10-19-18/h2-7,10,14-15H,8-9,11-13H2,1H3. The number of nitrogens with zero attached hydrogens (tertiary/aromatic N) is 2. The molecule has 1 aliphatic rings. The first-order chi connectivity index (χ1) is 10.3. The normalized spacial score (nSPS) is 16.0. The van der Waals surface area contributed by atoms with Crippen molar-refractivity contribution in [1.29, 1.82) is 0 Å². The Balaban J connectivity index is 1.56. The molecule has 0 bridgehead atoms. The molecule has 21 heavy (non-hydrogen) atoms. The minimum atomic E-state index is 0.761. The van der Waals surface area contributed by atoms with Gasteiger partial charge in [-0.3, -0.25) is 0 Å². The van der Waals surface area contributed by atoms with Crippen molar-refractivity contribution in [3.05, 3.63) is 54.2 Å². The molecule has 1 saturated heterocycles. The van der Waals surface area contributed by atoms with Crippen molar-refractivity contribution in [2.24, 2.45) is 5.92 Å². The van der Waals surface area contributed by atoms with Crippen LogP contribution in [0.1, 0.15) is 18.4 Å². The average Bonchev–Trinajstić information content (AvgIpc) is 2.56. The molecular formula is C18H22N2O. The van der Waals surface area contributed by atoms with Crippen LogP contribution in [0.2, 0.25) is 0 Å². The van der Waals surface area contributed by atoms with Gasteiger partial charge in [-0.25, -0.2) is 4.98 Å². The number of piperidine rings is 1. The molecule has 0 saturated carbocycles. The summed E-state index contributed by atoms with van der Waals surface area (Å²) in [4.78, 5) is 6.83. The lowest BCUT2D eigenvalue weighted by atomic mass is 9.90. The van der Waals surface area contributed by atoms with E-state index in [9.17, 15) is 0 Å². The van der Waals surface area contributed by atoms with E-state index >= 15 is 0 Å². The maximum absolute atomic E-state index is 5.30. The molecule has 0 unspecified atom stereocenters. The second-order valence-electron chi connectivity index (χ2n) is 5.67. The number of hydrogen-bond acceptors (Lipinski definition) is 3. The molecule has 1 aromatic heterocycles. The Hall–Kier alpha value is -2.03. The fraction of sp³-hybridized carbons (Fsp3) is 0.389. The van der Waals surface area contributed by atoms with E-state index in [4.69, 9.17) is 4.74 Å². The zero-order valence-corrected chi connectivity index (χ0v) is 12.5. The van der Waals surface area contributed by atoms with Gasteiger partial charge in [-0.05, 0) is 55.0 Å². The molecule has 0 radical (unpaired) electrons. The van der Waals surface area contributed by atoms with Crippen LogP contribution in [0.25, 0.3) is 0 Å². The topological polar surface area (TPSA) is 25.4 Å². The van der Waals surface area contributed by atoms with Crippen molar-refractivity contribution in [3.63, 3.8) is 0 Å². The summed E-state index contributed by atoms with van der Waals surface area (Å²) in [6.07, 6.45) is 5.48. The van der Waals surface area contributed by atoms with Crippen LogP contribution in [0.15, 0.2) is 48.7 Å². The van der Waals surface area contributed by atoms with Crippen LogP contribution < -0.4 is 9.64 Å². The molecule has 0 N–H and O–H groups in total. The summed E-state index contributed by atoms with van der Waals surface area (Å²) < 4.78 is 5.30. The molecule has 3 nitrogen and oxygen atoms in total. The molecule has 1 aromatic carbocycles. The fourth-order valence-electron chi connectivity index (χ4n) is 3.04. The zero-order valence-electron chi connectivity index (χ0n) is 12.5. The zero-order chi connectivity index (χ0) is 14.5. The van der Waals surface area contributed by atoms with Crippen molar-refractivity contribution in [3.8, 4) is 5.75 Å². The Morgan fingerprint density at radius 1 is 1.14 bits per heavy atom. The fourth-order valence-corrected chi connectivity index (χ4v) is 3.04. The number of methoxy groups -OCH3 is 1. The average molecular weight is 282 g/mol. The van der Waals surface area contributed by atoms with E-state index in [0.29, 0.717) is 0 Å². The molecule has 3 rings (SSSR count).